The van der Waals surface area contributed by atoms with Crippen molar-refractivity contribution in [2.75, 3.05) is 29.1 Å². The lowest BCUT2D eigenvalue weighted by atomic mass is 10.2. The van der Waals surface area contributed by atoms with Crippen LogP contribution in [0.3, 0.4) is 0 Å². The summed E-state index contributed by atoms with van der Waals surface area (Å²) >= 11 is 1.20. The Morgan fingerprint density at radius 3 is 2.47 bits per heavy atom. The Kier molecular flexibility index (Phi) is 9.16. The molecule has 0 saturated carbocycles. The third-order valence-electron chi connectivity index (χ3n) is 4.11. The van der Waals surface area contributed by atoms with Crippen molar-refractivity contribution >= 4 is 35.0 Å². The first kappa shape index (κ1) is 23.2. The molecular weight excluding hydrogens is 405 g/mol. The maximum atomic E-state index is 13.0. The first-order valence-electron chi connectivity index (χ1n) is 9.52. The molecule has 0 fully saturated rings. The molecule has 30 heavy (non-hydrogen) atoms. The zero-order valence-electron chi connectivity index (χ0n) is 16.9. The van der Waals surface area contributed by atoms with Crippen LogP contribution in [-0.4, -0.2) is 36.0 Å². The van der Waals surface area contributed by atoms with Crippen LogP contribution in [-0.2, 0) is 9.59 Å². The van der Waals surface area contributed by atoms with Crippen LogP contribution >= 0.6 is 11.8 Å². The normalized spacial score (nSPS) is 11.3. The molecule has 0 aliphatic carbocycles. The summed E-state index contributed by atoms with van der Waals surface area (Å²) in [5.74, 6) is -0.0771. The average Bonchev–Trinajstić information content (AvgIpc) is 2.75. The molecule has 1 unspecified atom stereocenters. The molecule has 2 amide bonds. The molecule has 0 aromatic heterocycles. The van der Waals surface area contributed by atoms with Crippen LogP contribution in [0.25, 0.3) is 0 Å². The van der Waals surface area contributed by atoms with E-state index >= 15 is 0 Å². The van der Waals surface area contributed by atoms with E-state index < -0.39 is 5.25 Å². The van der Waals surface area contributed by atoms with Crippen molar-refractivity contribution in [2.24, 2.45) is 0 Å². The number of hydrogen-bond donors (Lipinski definition) is 1. The second-order valence-corrected chi connectivity index (χ2v) is 7.66. The fourth-order valence-corrected chi connectivity index (χ4v) is 3.38. The predicted molar refractivity (Wildman–Crippen MR) is 117 cm³/mol. The minimum atomic E-state index is -0.491. The Morgan fingerprint density at radius 1 is 1.20 bits per heavy atom. The third-order valence-corrected chi connectivity index (χ3v) is 5.24. The summed E-state index contributed by atoms with van der Waals surface area (Å²) < 4.78 is 18.4. The van der Waals surface area contributed by atoms with Crippen LogP contribution in [0.2, 0.25) is 0 Å². The zero-order valence-corrected chi connectivity index (χ0v) is 17.7. The van der Waals surface area contributed by atoms with Crippen LogP contribution in [0.1, 0.15) is 20.3 Å². The number of ether oxygens (including phenoxy) is 1. The SMILES string of the molecule is CCOc1ccc(N(CCC#N)C(=O)C(C)SCC(=O)Nc2ccc(F)cc2)cc1. The Morgan fingerprint density at radius 2 is 1.87 bits per heavy atom. The van der Waals surface area contributed by atoms with Crippen molar-refractivity contribution in [1.82, 2.24) is 0 Å². The molecule has 0 saturated heterocycles. The highest BCUT2D eigenvalue weighted by molar-refractivity contribution is 8.01. The Labute approximate surface area is 180 Å². The van der Waals surface area contributed by atoms with Crippen LogP contribution in [0.5, 0.6) is 5.75 Å². The molecule has 2 aromatic carbocycles. The van der Waals surface area contributed by atoms with Crippen molar-refractivity contribution in [2.45, 2.75) is 25.5 Å². The van der Waals surface area contributed by atoms with Gasteiger partial charge in [0.2, 0.25) is 11.8 Å². The Bertz CT molecular complexity index is 882. The number of thioether (sulfide) groups is 1. The number of amides is 2. The van der Waals surface area contributed by atoms with E-state index in [9.17, 15) is 14.0 Å². The number of benzene rings is 2. The minimum absolute atomic E-state index is 0.0691. The molecule has 0 aliphatic rings. The zero-order chi connectivity index (χ0) is 21.9. The molecule has 0 radical (unpaired) electrons. The van der Waals surface area contributed by atoms with Gasteiger partial charge in [0.25, 0.3) is 0 Å². The average molecular weight is 430 g/mol. The number of nitrogens with one attached hydrogen (secondary N) is 1. The molecule has 2 rings (SSSR count). The number of nitrogens with zero attached hydrogens (tertiary/aromatic N) is 2. The van der Waals surface area contributed by atoms with Gasteiger partial charge in [-0.25, -0.2) is 4.39 Å². The summed E-state index contributed by atoms with van der Waals surface area (Å²) in [7, 11) is 0. The molecule has 0 aliphatic heterocycles. The monoisotopic (exact) mass is 429 g/mol. The van der Waals surface area contributed by atoms with Gasteiger partial charge in [0.15, 0.2) is 0 Å². The molecule has 1 N–H and O–H groups in total. The quantitative estimate of drug-likeness (QED) is 0.611. The first-order chi connectivity index (χ1) is 14.4. The van der Waals surface area contributed by atoms with Crippen molar-refractivity contribution < 1.29 is 18.7 Å². The topological polar surface area (TPSA) is 82.4 Å². The minimum Gasteiger partial charge on any atom is -0.494 e. The molecule has 158 valence electrons. The number of carbonyl (C=O) groups excluding carboxylic acids is 2. The van der Waals surface area contributed by atoms with Crippen molar-refractivity contribution in [3.8, 4) is 11.8 Å². The largest absolute Gasteiger partial charge is 0.494 e. The van der Waals surface area contributed by atoms with Gasteiger partial charge in [-0.05, 0) is 62.4 Å². The van der Waals surface area contributed by atoms with Gasteiger partial charge in [-0.3, -0.25) is 9.59 Å². The van der Waals surface area contributed by atoms with Crippen LogP contribution in [0, 0.1) is 17.1 Å². The van der Waals surface area contributed by atoms with E-state index in [1.54, 1.807) is 36.1 Å². The van der Waals surface area contributed by atoms with Crippen LogP contribution in [0.4, 0.5) is 15.8 Å². The van der Waals surface area contributed by atoms with Gasteiger partial charge in [0.1, 0.15) is 11.6 Å². The molecule has 0 bridgehead atoms. The lowest BCUT2D eigenvalue weighted by Gasteiger charge is -2.25. The van der Waals surface area contributed by atoms with Gasteiger partial charge in [0, 0.05) is 17.9 Å². The summed E-state index contributed by atoms with van der Waals surface area (Å²) in [5, 5.41) is 11.1. The number of rotatable bonds is 10. The second kappa shape index (κ2) is 11.8. The second-order valence-electron chi connectivity index (χ2n) is 6.33. The van der Waals surface area contributed by atoms with Crippen molar-refractivity contribution in [1.29, 1.82) is 5.26 Å². The summed E-state index contributed by atoms with van der Waals surface area (Å²) in [6, 6.07) is 14.6. The highest BCUT2D eigenvalue weighted by atomic mass is 32.2. The van der Waals surface area contributed by atoms with E-state index in [0.717, 1.165) is 0 Å². The lowest BCUT2D eigenvalue weighted by molar-refractivity contribution is -0.117. The van der Waals surface area contributed by atoms with E-state index in [4.69, 9.17) is 10.00 Å². The fraction of sp³-hybridized carbons (Fsp3) is 0.318. The van der Waals surface area contributed by atoms with Gasteiger partial charge in [-0.2, -0.15) is 5.26 Å². The molecule has 1 atom stereocenters. The lowest BCUT2D eigenvalue weighted by Crippen LogP contribution is -2.38. The maximum absolute atomic E-state index is 13.0. The number of hydrogen-bond acceptors (Lipinski definition) is 5. The molecule has 0 spiro atoms. The number of nitriles is 1. The number of carbonyl (C=O) groups is 2. The fourth-order valence-electron chi connectivity index (χ4n) is 2.64. The van der Waals surface area contributed by atoms with Gasteiger partial charge in [-0.1, -0.05) is 0 Å². The predicted octanol–water partition coefficient (Wildman–Crippen LogP) is 4.23. The number of anilines is 2. The van der Waals surface area contributed by atoms with Gasteiger partial charge < -0.3 is 15.0 Å². The summed E-state index contributed by atoms with van der Waals surface area (Å²) in [5.41, 5.74) is 1.16. The summed E-state index contributed by atoms with van der Waals surface area (Å²) in [6.45, 7) is 4.42. The van der Waals surface area contributed by atoms with Crippen LogP contribution in [0.15, 0.2) is 48.5 Å². The standard InChI is InChI=1S/C22H24FN3O3S/c1-3-29-20-11-9-19(10-12-20)26(14-4-13-24)22(28)16(2)30-15-21(27)25-18-7-5-17(23)6-8-18/h5-12,16H,3-4,14-15H2,1-2H3,(H,25,27). The van der Waals surface area contributed by atoms with E-state index in [1.165, 1.54) is 36.0 Å². The van der Waals surface area contributed by atoms with Gasteiger partial charge in [0.05, 0.1) is 30.1 Å². The highest BCUT2D eigenvalue weighted by Gasteiger charge is 2.23. The smallest absolute Gasteiger partial charge is 0.239 e. The van der Waals surface area contributed by atoms with E-state index in [0.29, 0.717) is 23.7 Å². The molecule has 6 nitrogen and oxygen atoms in total. The van der Waals surface area contributed by atoms with Gasteiger partial charge in [-0.15, -0.1) is 11.8 Å². The molecule has 8 heteroatoms. The van der Waals surface area contributed by atoms with Crippen molar-refractivity contribution in [3.05, 3.63) is 54.3 Å². The third kappa shape index (κ3) is 7.08. The Hall–Kier alpha value is -3.05. The van der Waals surface area contributed by atoms with Crippen LogP contribution < -0.4 is 15.0 Å². The summed E-state index contributed by atoms with van der Waals surface area (Å²) in [4.78, 5) is 26.6. The van der Waals surface area contributed by atoms with E-state index in [-0.39, 0.29) is 36.4 Å². The summed E-state index contributed by atoms with van der Waals surface area (Å²) in [6.07, 6.45) is 0.196. The van der Waals surface area contributed by atoms with E-state index in [2.05, 4.69) is 11.4 Å². The first-order valence-corrected chi connectivity index (χ1v) is 10.6. The molecular formula is C22H24FN3O3S. The van der Waals surface area contributed by atoms with E-state index in [1.807, 2.05) is 6.92 Å². The highest BCUT2D eigenvalue weighted by Crippen LogP contribution is 2.23. The van der Waals surface area contributed by atoms with Gasteiger partial charge >= 0.3 is 0 Å². The molecule has 2 aromatic rings. The molecule has 0 heterocycles. The number of halogens is 1. The van der Waals surface area contributed by atoms with Crippen molar-refractivity contribution in [3.63, 3.8) is 0 Å². The Balaban J connectivity index is 1.97. The maximum Gasteiger partial charge on any atom is 0.239 e.